The van der Waals surface area contributed by atoms with Crippen molar-refractivity contribution in [2.45, 2.75) is 64.8 Å². The molecule has 3 N–H and O–H groups in total. The van der Waals surface area contributed by atoms with Gasteiger partial charge in [0.2, 0.25) is 17.7 Å². The van der Waals surface area contributed by atoms with Crippen LogP contribution in [-0.4, -0.2) is 219 Å². The first-order valence-corrected chi connectivity index (χ1v) is 23.2. The monoisotopic (exact) mass is 937 g/mol. The summed E-state index contributed by atoms with van der Waals surface area (Å²) < 4.78 is 65.3. The van der Waals surface area contributed by atoms with E-state index in [1.54, 1.807) is 0 Å². The molecule has 1 heterocycles. The van der Waals surface area contributed by atoms with Crippen molar-refractivity contribution in [1.29, 1.82) is 0 Å². The quantitative estimate of drug-likeness (QED) is 0.0560. The Kier molecular flexibility index (Phi) is 42.3. The number of ether oxygens (including phenoxy) is 12. The van der Waals surface area contributed by atoms with E-state index >= 15 is 0 Å². The molecule has 21 heteroatoms. The first-order valence-electron chi connectivity index (χ1n) is 23.2. The van der Waals surface area contributed by atoms with Crippen LogP contribution in [0.15, 0.2) is 12.2 Å². The molecule has 0 saturated heterocycles. The zero-order valence-corrected chi connectivity index (χ0v) is 39.2. The maximum absolute atomic E-state index is 12.8. The minimum absolute atomic E-state index is 0.114. The lowest BCUT2D eigenvalue weighted by molar-refractivity contribution is -0.137. The molecule has 1 aliphatic rings. The minimum atomic E-state index is -0.751. The summed E-state index contributed by atoms with van der Waals surface area (Å²) in [5, 5.41) is 8.34. The van der Waals surface area contributed by atoms with Gasteiger partial charge in [-0.25, -0.2) is 0 Å². The van der Waals surface area contributed by atoms with Crippen molar-refractivity contribution < 1.29 is 80.8 Å². The molecule has 0 bridgehead atoms. The van der Waals surface area contributed by atoms with Crippen LogP contribution in [0.3, 0.4) is 0 Å². The van der Waals surface area contributed by atoms with E-state index in [1.807, 2.05) is 6.92 Å². The van der Waals surface area contributed by atoms with E-state index in [0.29, 0.717) is 158 Å². The highest BCUT2D eigenvalue weighted by Crippen LogP contribution is 2.08. The van der Waals surface area contributed by atoms with E-state index in [0.717, 1.165) is 17.9 Å². The molecule has 0 aromatic heterocycles. The number of unbranched alkanes of at least 4 members (excludes halogenated alkanes) is 2. The fourth-order valence-corrected chi connectivity index (χ4v) is 5.56. The fraction of sp³-hybridized carbons (Fsp3) is 0.841. The van der Waals surface area contributed by atoms with E-state index in [9.17, 15) is 24.0 Å². The summed E-state index contributed by atoms with van der Waals surface area (Å²) in [5.41, 5.74) is 0. The SMILES string of the molecule is CCCOCCOCCOCCOCCOCCOCCNC(=O)CC(CC(=O)NCCOCCOCCOCCOCCOCCOCC)NC(=O)CCCCCN1C(=O)C=CC1=O. The van der Waals surface area contributed by atoms with Gasteiger partial charge >= 0.3 is 0 Å². The molecule has 378 valence electrons. The predicted octanol–water partition coefficient (Wildman–Crippen LogP) is 0.598. The normalized spacial score (nSPS) is 12.9. The summed E-state index contributed by atoms with van der Waals surface area (Å²) in [5.74, 6) is -1.69. The van der Waals surface area contributed by atoms with Crippen LogP contribution in [0.2, 0.25) is 0 Å². The van der Waals surface area contributed by atoms with Crippen LogP contribution >= 0.6 is 0 Å². The lowest BCUT2D eigenvalue weighted by Crippen LogP contribution is -2.43. The molecule has 0 spiro atoms. The van der Waals surface area contributed by atoms with Gasteiger partial charge in [-0.2, -0.15) is 0 Å². The molecule has 1 atom stereocenters. The van der Waals surface area contributed by atoms with Crippen molar-refractivity contribution in [3.05, 3.63) is 12.2 Å². The number of carbonyl (C=O) groups is 5. The highest BCUT2D eigenvalue weighted by atomic mass is 16.6. The number of amides is 5. The van der Waals surface area contributed by atoms with Crippen LogP contribution in [0.4, 0.5) is 0 Å². The van der Waals surface area contributed by atoms with Gasteiger partial charge in [-0.1, -0.05) is 13.3 Å². The van der Waals surface area contributed by atoms with Crippen LogP contribution in [-0.2, 0) is 80.8 Å². The first-order chi connectivity index (χ1) is 31.9. The Morgan fingerprint density at radius 3 is 1.14 bits per heavy atom. The Hall–Kier alpha value is -3.19. The average Bonchev–Trinajstić information content (AvgIpc) is 3.61. The zero-order valence-electron chi connectivity index (χ0n) is 39.2. The highest BCUT2D eigenvalue weighted by molar-refractivity contribution is 6.12. The smallest absolute Gasteiger partial charge is 0.253 e. The van der Waals surface area contributed by atoms with E-state index in [1.165, 1.54) is 12.2 Å². The summed E-state index contributed by atoms with van der Waals surface area (Å²) in [6.07, 6.45) is 5.07. The Labute approximate surface area is 385 Å². The Morgan fingerprint density at radius 1 is 0.446 bits per heavy atom. The predicted molar refractivity (Wildman–Crippen MR) is 237 cm³/mol. The van der Waals surface area contributed by atoms with Crippen LogP contribution in [0.5, 0.6) is 0 Å². The van der Waals surface area contributed by atoms with Gasteiger partial charge in [0.05, 0.1) is 145 Å². The number of nitrogens with one attached hydrogen (secondary N) is 3. The lowest BCUT2D eigenvalue weighted by atomic mass is 10.1. The third-order valence-corrected chi connectivity index (χ3v) is 8.82. The molecular weight excluding hydrogens is 856 g/mol. The molecule has 0 radical (unpaired) electrons. The Bertz CT molecular complexity index is 1200. The molecule has 0 aromatic rings. The first kappa shape index (κ1) is 59.8. The van der Waals surface area contributed by atoms with Gasteiger partial charge < -0.3 is 72.8 Å². The summed E-state index contributed by atoms with van der Waals surface area (Å²) in [6, 6.07) is -0.751. The molecule has 65 heavy (non-hydrogen) atoms. The molecular formula is C44H80N4O17. The Balaban J connectivity index is 2.20. The van der Waals surface area contributed by atoms with Gasteiger partial charge in [-0.15, -0.1) is 0 Å². The topological polar surface area (TPSA) is 235 Å². The van der Waals surface area contributed by atoms with Gasteiger partial charge in [0.25, 0.3) is 11.8 Å². The van der Waals surface area contributed by atoms with Crippen LogP contribution in [0, 0.1) is 0 Å². The van der Waals surface area contributed by atoms with E-state index < -0.39 is 6.04 Å². The number of hydrogen-bond acceptors (Lipinski definition) is 17. The van der Waals surface area contributed by atoms with Gasteiger partial charge in [0.15, 0.2) is 0 Å². The third-order valence-electron chi connectivity index (χ3n) is 8.82. The lowest BCUT2D eigenvalue weighted by Gasteiger charge is -2.19. The van der Waals surface area contributed by atoms with E-state index in [2.05, 4.69) is 22.9 Å². The second-order valence-corrected chi connectivity index (χ2v) is 14.3. The number of imide groups is 1. The number of rotatable bonds is 50. The minimum Gasteiger partial charge on any atom is -0.379 e. The van der Waals surface area contributed by atoms with E-state index in [-0.39, 0.29) is 81.6 Å². The van der Waals surface area contributed by atoms with Crippen LogP contribution in [0.1, 0.15) is 58.8 Å². The summed E-state index contributed by atoms with van der Waals surface area (Å²) in [7, 11) is 0. The molecule has 0 fully saturated rings. The average molecular weight is 937 g/mol. The molecule has 21 nitrogen and oxygen atoms in total. The molecule has 0 aromatic carbocycles. The van der Waals surface area contributed by atoms with Crippen LogP contribution < -0.4 is 16.0 Å². The number of carbonyl (C=O) groups excluding carboxylic acids is 5. The maximum atomic E-state index is 12.8. The summed E-state index contributed by atoms with van der Waals surface area (Å²) in [6.45, 7) is 15.8. The summed E-state index contributed by atoms with van der Waals surface area (Å²) in [4.78, 5) is 63.1. The molecule has 1 unspecified atom stereocenters. The van der Waals surface area contributed by atoms with Crippen LogP contribution in [0.25, 0.3) is 0 Å². The van der Waals surface area contributed by atoms with Crippen molar-refractivity contribution in [2.24, 2.45) is 0 Å². The summed E-state index contributed by atoms with van der Waals surface area (Å²) >= 11 is 0. The van der Waals surface area contributed by atoms with Gasteiger partial charge in [-0.05, 0) is 26.2 Å². The fourth-order valence-electron chi connectivity index (χ4n) is 5.56. The molecule has 1 aliphatic heterocycles. The van der Waals surface area contributed by atoms with Crippen molar-refractivity contribution in [1.82, 2.24) is 20.9 Å². The third kappa shape index (κ3) is 39.7. The van der Waals surface area contributed by atoms with Gasteiger partial charge in [0.1, 0.15) is 0 Å². The van der Waals surface area contributed by atoms with Gasteiger partial charge in [0, 0.05) is 70.3 Å². The van der Waals surface area contributed by atoms with Crippen molar-refractivity contribution in [3.63, 3.8) is 0 Å². The van der Waals surface area contributed by atoms with Crippen molar-refractivity contribution in [3.8, 4) is 0 Å². The Morgan fingerprint density at radius 2 is 0.785 bits per heavy atom. The van der Waals surface area contributed by atoms with Crippen molar-refractivity contribution >= 4 is 29.5 Å². The number of hydrogen-bond donors (Lipinski definition) is 3. The molecule has 1 rings (SSSR count). The molecule has 5 amide bonds. The molecule has 0 saturated carbocycles. The highest BCUT2D eigenvalue weighted by Gasteiger charge is 2.23. The van der Waals surface area contributed by atoms with Gasteiger partial charge in [-0.3, -0.25) is 28.9 Å². The standard InChI is InChI=1S/C44H80N4O17/c1-3-14-55-19-22-59-27-30-63-35-36-65-32-29-61-24-21-57-16-12-46-42(51)38-39(47-40(49)8-6-5-7-13-48-43(52)9-10-44(48)53)37-41(50)45-11-15-56-20-23-60-28-31-64-34-33-62-26-25-58-18-17-54-4-2/h9-10,39H,3-8,11-38H2,1-2H3,(H,45,50)(H,46,51)(H,47,49). The number of nitrogens with zero attached hydrogens (tertiary/aromatic N) is 1. The molecule has 0 aliphatic carbocycles. The van der Waals surface area contributed by atoms with E-state index in [4.69, 9.17) is 56.8 Å². The largest absolute Gasteiger partial charge is 0.379 e. The maximum Gasteiger partial charge on any atom is 0.253 e. The van der Waals surface area contributed by atoms with Crippen molar-refractivity contribution in [2.75, 3.05) is 178 Å². The second-order valence-electron chi connectivity index (χ2n) is 14.3. The zero-order chi connectivity index (χ0) is 47.1. The second kappa shape index (κ2) is 45.9.